The maximum Gasteiger partial charge on any atom is 0.189 e. The number of rotatable bonds is 8. The molecule has 1 unspecified atom stereocenters. The second kappa shape index (κ2) is 9.06. The van der Waals surface area contributed by atoms with E-state index in [1.807, 2.05) is 43.3 Å². The minimum Gasteiger partial charge on any atom is -0.468 e. The summed E-state index contributed by atoms with van der Waals surface area (Å²) in [5, 5.41) is 8.47. The maximum absolute atomic E-state index is 5.53. The number of ether oxygens (including phenoxy) is 2. The molecular formula is C19H24N2O2. The van der Waals surface area contributed by atoms with Crippen LogP contribution >= 0.6 is 0 Å². The van der Waals surface area contributed by atoms with Crippen molar-refractivity contribution in [1.29, 1.82) is 0 Å². The summed E-state index contributed by atoms with van der Waals surface area (Å²) in [7, 11) is 0. The van der Waals surface area contributed by atoms with Gasteiger partial charge >= 0.3 is 0 Å². The van der Waals surface area contributed by atoms with Gasteiger partial charge in [-0.05, 0) is 61.7 Å². The second-order valence-electron chi connectivity index (χ2n) is 5.36. The van der Waals surface area contributed by atoms with E-state index in [1.54, 1.807) is 0 Å². The van der Waals surface area contributed by atoms with Crippen LogP contribution in [-0.2, 0) is 11.2 Å². The van der Waals surface area contributed by atoms with Crippen LogP contribution in [0.25, 0.3) is 0 Å². The van der Waals surface area contributed by atoms with Gasteiger partial charge in [0.05, 0.1) is 17.5 Å². The standard InChI is InChI=1S/C19H24N2O2/c1-4-15(3)22-14-23-19-12-10-18(11-13-19)21-20-17-8-6-16(5-2)7-9-17/h6-13,15H,4-5,14H2,1-3H3/b21-20+. The van der Waals surface area contributed by atoms with Crippen LogP contribution in [0.15, 0.2) is 58.8 Å². The normalized spacial score (nSPS) is 12.5. The molecule has 0 N–H and O–H groups in total. The topological polar surface area (TPSA) is 43.2 Å². The first-order chi connectivity index (χ1) is 11.2. The summed E-state index contributed by atoms with van der Waals surface area (Å²) in [6.07, 6.45) is 2.21. The summed E-state index contributed by atoms with van der Waals surface area (Å²) in [5.74, 6) is 0.763. The smallest absolute Gasteiger partial charge is 0.189 e. The molecule has 2 aromatic carbocycles. The summed E-state index contributed by atoms with van der Waals surface area (Å²) in [5.41, 5.74) is 2.94. The molecule has 0 aliphatic heterocycles. The van der Waals surface area contributed by atoms with Crippen LogP contribution in [0.3, 0.4) is 0 Å². The minimum atomic E-state index is 0.210. The average Bonchev–Trinajstić information content (AvgIpc) is 2.61. The first-order valence-corrected chi connectivity index (χ1v) is 8.06. The monoisotopic (exact) mass is 312 g/mol. The highest BCUT2D eigenvalue weighted by atomic mass is 16.7. The lowest BCUT2D eigenvalue weighted by atomic mass is 10.2. The Bertz CT molecular complexity index is 606. The molecule has 0 saturated heterocycles. The quantitative estimate of drug-likeness (QED) is 0.455. The van der Waals surface area contributed by atoms with Gasteiger partial charge in [0.25, 0.3) is 0 Å². The molecule has 0 saturated carbocycles. The van der Waals surface area contributed by atoms with E-state index in [0.717, 1.165) is 30.0 Å². The van der Waals surface area contributed by atoms with Crippen molar-refractivity contribution in [3.05, 3.63) is 54.1 Å². The molecule has 0 aromatic heterocycles. The first-order valence-electron chi connectivity index (χ1n) is 8.06. The van der Waals surface area contributed by atoms with Crippen molar-refractivity contribution in [2.24, 2.45) is 10.2 Å². The molecule has 122 valence electrons. The fraction of sp³-hybridized carbons (Fsp3) is 0.368. The molecule has 4 nitrogen and oxygen atoms in total. The van der Waals surface area contributed by atoms with E-state index >= 15 is 0 Å². The second-order valence-corrected chi connectivity index (χ2v) is 5.36. The Labute approximate surface area is 138 Å². The summed E-state index contributed by atoms with van der Waals surface area (Å²) >= 11 is 0. The summed E-state index contributed by atoms with van der Waals surface area (Å²) in [4.78, 5) is 0. The first kappa shape index (κ1) is 17.2. The van der Waals surface area contributed by atoms with Crippen molar-refractivity contribution in [3.63, 3.8) is 0 Å². The Morgan fingerprint density at radius 3 is 1.96 bits per heavy atom. The third-order valence-electron chi connectivity index (χ3n) is 3.62. The lowest BCUT2D eigenvalue weighted by molar-refractivity contribution is -0.0290. The van der Waals surface area contributed by atoms with Crippen LogP contribution in [0.5, 0.6) is 5.75 Å². The highest BCUT2D eigenvalue weighted by Gasteiger charge is 1.99. The molecule has 1 atom stereocenters. The SMILES string of the molecule is CCc1ccc(/N=N/c2ccc(OCOC(C)CC)cc2)cc1. The number of benzene rings is 2. The van der Waals surface area contributed by atoms with Crippen LogP contribution in [0.4, 0.5) is 11.4 Å². The minimum absolute atomic E-state index is 0.210. The Morgan fingerprint density at radius 2 is 1.43 bits per heavy atom. The van der Waals surface area contributed by atoms with E-state index in [9.17, 15) is 0 Å². The van der Waals surface area contributed by atoms with Gasteiger partial charge in [-0.2, -0.15) is 10.2 Å². The van der Waals surface area contributed by atoms with E-state index in [4.69, 9.17) is 9.47 Å². The number of aryl methyl sites for hydroxylation is 1. The maximum atomic E-state index is 5.53. The molecular weight excluding hydrogens is 288 g/mol. The molecule has 0 radical (unpaired) electrons. The molecule has 0 aliphatic carbocycles. The van der Waals surface area contributed by atoms with Gasteiger partial charge in [-0.1, -0.05) is 26.0 Å². The lowest BCUT2D eigenvalue weighted by Crippen LogP contribution is -2.11. The Balaban J connectivity index is 1.87. The van der Waals surface area contributed by atoms with Crippen LogP contribution in [0.2, 0.25) is 0 Å². The molecule has 0 spiro atoms. The van der Waals surface area contributed by atoms with Crippen LogP contribution in [0, 0.1) is 0 Å². The zero-order valence-electron chi connectivity index (χ0n) is 14.0. The molecule has 4 heteroatoms. The predicted octanol–water partition coefficient (Wildman–Crippen LogP) is 5.82. The van der Waals surface area contributed by atoms with Crippen LogP contribution in [-0.4, -0.2) is 12.9 Å². The van der Waals surface area contributed by atoms with E-state index in [1.165, 1.54) is 5.56 Å². The molecule has 0 amide bonds. The number of hydrogen-bond donors (Lipinski definition) is 0. The van der Waals surface area contributed by atoms with E-state index in [0.29, 0.717) is 0 Å². The predicted molar refractivity (Wildman–Crippen MR) is 92.8 cm³/mol. The van der Waals surface area contributed by atoms with Crippen molar-refractivity contribution < 1.29 is 9.47 Å². The van der Waals surface area contributed by atoms with Crippen molar-refractivity contribution in [1.82, 2.24) is 0 Å². The molecule has 23 heavy (non-hydrogen) atoms. The highest BCUT2D eigenvalue weighted by Crippen LogP contribution is 2.21. The lowest BCUT2D eigenvalue weighted by Gasteiger charge is -2.11. The van der Waals surface area contributed by atoms with Gasteiger partial charge < -0.3 is 9.47 Å². The number of hydrogen-bond acceptors (Lipinski definition) is 4. The van der Waals surface area contributed by atoms with Gasteiger partial charge in [0.1, 0.15) is 5.75 Å². The highest BCUT2D eigenvalue weighted by molar-refractivity contribution is 5.43. The van der Waals surface area contributed by atoms with Crippen LogP contribution < -0.4 is 4.74 Å². The molecule has 0 heterocycles. The van der Waals surface area contributed by atoms with Gasteiger partial charge in [-0.3, -0.25) is 0 Å². The molecule has 0 bridgehead atoms. The van der Waals surface area contributed by atoms with Gasteiger partial charge in [-0.25, -0.2) is 0 Å². The summed E-state index contributed by atoms with van der Waals surface area (Å²) in [6, 6.07) is 15.6. The largest absolute Gasteiger partial charge is 0.468 e. The zero-order chi connectivity index (χ0) is 16.5. The Kier molecular flexibility index (Phi) is 6.76. The van der Waals surface area contributed by atoms with Gasteiger partial charge in [0.15, 0.2) is 6.79 Å². The Hall–Kier alpha value is -2.20. The van der Waals surface area contributed by atoms with Crippen molar-refractivity contribution >= 4 is 11.4 Å². The van der Waals surface area contributed by atoms with E-state index in [-0.39, 0.29) is 12.9 Å². The van der Waals surface area contributed by atoms with Gasteiger partial charge in [0.2, 0.25) is 0 Å². The summed E-state index contributed by atoms with van der Waals surface area (Å²) in [6.45, 7) is 6.51. The molecule has 2 aromatic rings. The Morgan fingerprint density at radius 1 is 0.870 bits per heavy atom. The van der Waals surface area contributed by atoms with Gasteiger partial charge in [-0.15, -0.1) is 0 Å². The summed E-state index contributed by atoms with van der Waals surface area (Å²) < 4.78 is 11.0. The zero-order valence-corrected chi connectivity index (χ0v) is 14.0. The van der Waals surface area contributed by atoms with Crippen molar-refractivity contribution in [2.75, 3.05) is 6.79 Å². The van der Waals surface area contributed by atoms with E-state index in [2.05, 4.69) is 36.2 Å². The van der Waals surface area contributed by atoms with E-state index < -0.39 is 0 Å². The number of nitrogens with zero attached hydrogens (tertiary/aromatic N) is 2. The third kappa shape index (κ3) is 5.83. The van der Waals surface area contributed by atoms with Crippen molar-refractivity contribution in [2.45, 2.75) is 39.7 Å². The molecule has 0 aliphatic rings. The fourth-order valence-electron chi connectivity index (χ4n) is 1.86. The van der Waals surface area contributed by atoms with Crippen LogP contribution in [0.1, 0.15) is 32.8 Å². The molecule has 0 fully saturated rings. The van der Waals surface area contributed by atoms with Gasteiger partial charge in [0, 0.05) is 0 Å². The van der Waals surface area contributed by atoms with Crippen molar-refractivity contribution in [3.8, 4) is 5.75 Å². The number of azo groups is 1. The average molecular weight is 312 g/mol. The third-order valence-corrected chi connectivity index (χ3v) is 3.62. The molecule has 2 rings (SSSR count). The fourth-order valence-corrected chi connectivity index (χ4v) is 1.86.